The third-order valence-electron chi connectivity index (χ3n) is 3.76. The van der Waals surface area contributed by atoms with Crippen molar-refractivity contribution in [2.75, 3.05) is 7.11 Å². The summed E-state index contributed by atoms with van der Waals surface area (Å²) in [4.78, 5) is 52.5. The Bertz CT molecular complexity index is 1340. The van der Waals surface area contributed by atoms with Crippen LogP contribution in [0.15, 0.2) is 70.5 Å². The van der Waals surface area contributed by atoms with Crippen LogP contribution in [-0.2, 0) is 4.74 Å². The van der Waals surface area contributed by atoms with Crippen molar-refractivity contribution in [1.29, 1.82) is 0 Å². The smallest absolute Gasteiger partial charge is 0.356 e. The maximum Gasteiger partial charge on any atom is 0.356 e. The molecule has 0 fully saturated rings. The number of pyridine rings is 2. The molecule has 4 aromatic heterocycles. The Morgan fingerprint density at radius 1 is 0.862 bits per heavy atom. The zero-order valence-corrected chi connectivity index (χ0v) is 15.1. The molecule has 0 amide bonds. The van der Waals surface area contributed by atoms with Gasteiger partial charge >= 0.3 is 11.9 Å². The summed E-state index contributed by atoms with van der Waals surface area (Å²) in [5, 5.41) is 8.66. The highest BCUT2D eigenvalue weighted by atomic mass is 16.5. The summed E-state index contributed by atoms with van der Waals surface area (Å²) in [5.41, 5.74) is -0.160. The molecule has 0 aliphatic heterocycles. The van der Waals surface area contributed by atoms with Crippen LogP contribution in [0.2, 0.25) is 0 Å². The van der Waals surface area contributed by atoms with Crippen molar-refractivity contribution < 1.29 is 19.4 Å². The first-order chi connectivity index (χ1) is 13.9. The van der Waals surface area contributed by atoms with Gasteiger partial charge in [0.25, 0.3) is 11.1 Å². The van der Waals surface area contributed by atoms with Crippen LogP contribution in [0, 0.1) is 0 Å². The number of rotatable bonds is 2. The Morgan fingerprint density at radius 3 is 1.83 bits per heavy atom. The van der Waals surface area contributed by atoms with Crippen molar-refractivity contribution in [3.8, 4) is 0 Å². The molecule has 0 aliphatic carbocycles. The molecule has 0 spiro atoms. The van der Waals surface area contributed by atoms with Crippen molar-refractivity contribution in [2.45, 2.75) is 0 Å². The van der Waals surface area contributed by atoms with Crippen LogP contribution in [0.3, 0.4) is 0 Å². The summed E-state index contributed by atoms with van der Waals surface area (Å²) in [7, 11) is 1.25. The Labute approximate surface area is 162 Å². The van der Waals surface area contributed by atoms with Crippen LogP contribution in [0.25, 0.3) is 11.3 Å². The van der Waals surface area contributed by atoms with E-state index in [1.54, 1.807) is 42.6 Å². The lowest BCUT2D eigenvalue weighted by Crippen LogP contribution is -2.17. The highest BCUT2D eigenvalue weighted by Gasteiger charge is 2.09. The number of carbonyl (C=O) groups is 2. The first kappa shape index (κ1) is 19.4. The molecule has 0 radical (unpaired) electrons. The van der Waals surface area contributed by atoms with Gasteiger partial charge in [-0.15, -0.1) is 0 Å². The summed E-state index contributed by atoms with van der Waals surface area (Å²) in [5.74, 6) is -1.81. The van der Waals surface area contributed by atoms with Gasteiger partial charge in [-0.3, -0.25) is 18.4 Å². The third kappa shape index (κ3) is 4.16. The van der Waals surface area contributed by atoms with Crippen molar-refractivity contribution >= 4 is 23.2 Å². The number of hydrogen-bond donors (Lipinski definition) is 1. The molecule has 0 saturated heterocycles. The fraction of sp³-hybridized carbons (Fsp3) is 0.0526. The van der Waals surface area contributed by atoms with Gasteiger partial charge in [0.1, 0.15) is 11.3 Å². The number of carboxylic acids is 1. The number of aromatic nitrogens is 4. The molecule has 0 aliphatic rings. The van der Waals surface area contributed by atoms with E-state index >= 15 is 0 Å². The molecule has 146 valence electrons. The van der Waals surface area contributed by atoms with E-state index in [-0.39, 0.29) is 16.9 Å². The first-order valence-corrected chi connectivity index (χ1v) is 8.19. The Morgan fingerprint density at radius 2 is 1.34 bits per heavy atom. The second-order valence-corrected chi connectivity index (χ2v) is 5.61. The van der Waals surface area contributed by atoms with Crippen LogP contribution in [0.5, 0.6) is 0 Å². The number of nitrogens with zero attached hydrogens (tertiary/aromatic N) is 4. The average molecular weight is 394 g/mol. The minimum atomic E-state index is -1.20. The Kier molecular flexibility index (Phi) is 5.44. The van der Waals surface area contributed by atoms with Gasteiger partial charge in [-0.1, -0.05) is 12.1 Å². The van der Waals surface area contributed by atoms with Gasteiger partial charge in [-0.2, -0.15) is 0 Å². The highest BCUT2D eigenvalue weighted by molar-refractivity contribution is 5.87. The van der Waals surface area contributed by atoms with Gasteiger partial charge in [0.2, 0.25) is 0 Å². The molecule has 10 nitrogen and oxygen atoms in total. The molecule has 0 atom stereocenters. The van der Waals surface area contributed by atoms with E-state index in [0.29, 0.717) is 11.3 Å². The van der Waals surface area contributed by atoms with E-state index in [2.05, 4.69) is 14.7 Å². The van der Waals surface area contributed by atoms with Gasteiger partial charge in [0, 0.05) is 24.5 Å². The molecule has 0 bridgehead atoms. The van der Waals surface area contributed by atoms with Gasteiger partial charge in [0.05, 0.1) is 7.11 Å². The largest absolute Gasteiger partial charge is 0.477 e. The normalized spacial score (nSPS) is 10.2. The van der Waals surface area contributed by atoms with Crippen LogP contribution in [0.4, 0.5) is 0 Å². The fourth-order valence-corrected chi connectivity index (χ4v) is 2.43. The van der Waals surface area contributed by atoms with Crippen molar-refractivity contribution in [2.24, 2.45) is 0 Å². The lowest BCUT2D eigenvalue weighted by molar-refractivity contribution is 0.0593. The van der Waals surface area contributed by atoms with E-state index < -0.39 is 17.5 Å². The van der Waals surface area contributed by atoms with Crippen LogP contribution in [-0.4, -0.2) is 42.9 Å². The number of fused-ring (bicyclic) bond motifs is 2. The number of carboxylic acid groups (broad SMARTS) is 1. The monoisotopic (exact) mass is 394 g/mol. The van der Waals surface area contributed by atoms with Gasteiger partial charge in [-0.05, 0) is 24.3 Å². The highest BCUT2D eigenvalue weighted by Crippen LogP contribution is 2.00. The SMILES string of the molecule is COC(=O)c1cc(=O)n2ccccc2n1.O=C(O)c1cc(=O)n2ccccc2n1. The lowest BCUT2D eigenvalue weighted by atomic mass is 10.4. The molecule has 29 heavy (non-hydrogen) atoms. The van der Waals surface area contributed by atoms with E-state index in [0.717, 1.165) is 12.1 Å². The quantitative estimate of drug-likeness (QED) is 0.495. The minimum Gasteiger partial charge on any atom is -0.477 e. The van der Waals surface area contributed by atoms with E-state index in [9.17, 15) is 19.2 Å². The van der Waals surface area contributed by atoms with Crippen LogP contribution in [0.1, 0.15) is 21.0 Å². The van der Waals surface area contributed by atoms with E-state index in [1.165, 1.54) is 22.1 Å². The molecule has 0 aromatic carbocycles. The number of methoxy groups -OCH3 is 1. The molecule has 0 saturated carbocycles. The summed E-state index contributed by atoms with van der Waals surface area (Å²) >= 11 is 0. The van der Waals surface area contributed by atoms with Gasteiger partial charge in [-0.25, -0.2) is 19.6 Å². The summed E-state index contributed by atoms with van der Waals surface area (Å²) in [6.45, 7) is 0. The molecular weight excluding hydrogens is 380 g/mol. The number of aromatic carboxylic acids is 1. The zero-order valence-electron chi connectivity index (χ0n) is 15.1. The van der Waals surface area contributed by atoms with Crippen molar-refractivity contribution in [3.05, 3.63) is 93.0 Å². The van der Waals surface area contributed by atoms with E-state index in [4.69, 9.17) is 5.11 Å². The second-order valence-electron chi connectivity index (χ2n) is 5.61. The molecule has 4 aromatic rings. The topological polar surface area (TPSA) is 132 Å². The maximum atomic E-state index is 11.5. The first-order valence-electron chi connectivity index (χ1n) is 8.19. The maximum absolute atomic E-state index is 11.5. The van der Waals surface area contributed by atoms with Crippen LogP contribution >= 0.6 is 0 Å². The number of ether oxygens (including phenoxy) is 1. The summed E-state index contributed by atoms with van der Waals surface area (Å²) in [6.07, 6.45) is 3.13. The number of carbonyl (C=O) groups excluding carboxylic acids is 1. The predicted octanol–water partition coefficient (Wildman–Crippen LogP) is 0.874. The standard InChI is InChI=1S/C10H8N2O3.C9H6N2O3/c1-15-10(14)7-6-9(13)12-5-3-2-4-8(12)11-7;12-8-5-6(9(13)14)10-7-3-1-2-4-11(7)8/h2-6H,1H3;1-5H,(H,13,14). The zero-order chi connectivity index (χ0) is 21.0. The Hall–Kier alpha value is -4.34. The second kappa shape index (κ2) is 8.13. The lowest BCUT2D eigenvalue weighted by Gasteiger charge is -2.01. The molecule has 4 rings (SSSR count). The van der Waals surface area contributed by atoms with Gasteiger partial charge < -0.3 is 9.84 Å². The molecule has 10 heteroatoms. The van der Waals surface area contributed by atoms with Crippen molar-refractivity contribution in [1.82, 2.24) is 18.8 Å². The number of esters is 1. The average Bonchev–Trinajstić information content (AvgIpc) is 2.73. The number of hydrogen-bond acceptors (Lipinski definition) is 7. The Balaban J connectivity index is 0.000000166. The summed E-state index contributed by atoms with van der Waals surface area (Å²) < 4.78 is 7.13. The fourth-order valence-electron chi connectivity index (χ4n) is 2.43. The molecule has 0 unspecified atom stereocenters. The minimum absolute atomic E-state index is 0.0219. The van der Waals surface area contributed by atoms with E-state index in [1.807, 2.05) is 0 Å². The van der Waals surface area contributed by atoms with Gasteiger partial charge in [0.15, 0.2) is 11.4 Å². The molecule has 4 heterocycles. The molecular formula is C19H14N4O6. The third-order valence-corrected chi connectivity index (χ3v) is 3.76. The van der Waals surface area contributed by atoms with Crippen molar-refractivity contribution in [3.63, 3.8) is 0 Å². The van der Waals surface area contributed by atoms with Crippen LogP contribution < -0.4 is 11.1 Å². The molecule has 1 N–H and O–H groups in total. The predicted molar refractivity (Wildman–Crippen MR) is 101 cm³/mol. The summed E-state index contributed by atoms with van der Waals surface area (Å²) in [6, 6.07) is 12.2.